The average molecular weight is 294 g/mol. The molecule has 0 saturated heterocycles. The van der Waals surface area contributed by atoms with Gasteiger partial charge in [0.05, 0.1) is 5.69 Å². The molecule has 4 heteroatoms. The van der Waals surface area contributed by atoms with Crippen molar-refractivity contribution in [3.63, 3.8) is 0 Å². The maximum atomic E-state index is 4.43. The molecule has 0 fully saturated rings. The molecule has 0 atom stereocenters. The summed E-state index contributed by atoms with van der Waals surface area (Å²) in [4.78, 5) is 4.43. The number of aryl methyl sites for hydroxylation is 3. The molecule has 0 aliphatic carbocycles. The third-order valence-electron chi connectivity index (χ3n) is 2.75. The number of anilines is 1. The highest BCUT2D eigenvalue weighted by Gasteiger charge is 2.08. The van der Waals surface area contributed by atoms with E-state index in [2.05, 4.69) is 56.8 Å². The van der Waals surface area contributed by atoms with Gasteiger partial charge in [0.2, 0.25) is 5.95 Å². The van der Waals surface area contributed by atoms with Gasteiger partial charge in [-0.3, -0.25) is 4.57 Å². The third kappa shape index (κ3) is 2.22. The Labute approximate surface area is 110 Å². The van der Waals surface area contributed by atoms with Gasteiger partial charge in [-0.15, -0.1) is 0 Å². The molecule has 1 N–H and O–H groups in total. The van der Waals surface area contributed by atoms with Crippen molar-refractivity contribution in [3.05, 3.63) is 39.6 Å². The molecule has 3 nitrogen and oxygen atoms in total. The van der Waals surface area contributed by atoms with Gasteiger partial charge in [-0.2, -0.15) is 0 Å². The number of hydrogen-bond acceptors (Lipinski definition) is 2. The van der Waals surface area contributed by atoms with Crippen molar-refractivity contribution in [2.45, 2.75) is 20.8 Å². The Morgan fingerprint density at radius 1 is 1.18 bits per heavy atom. The Kier molecular flexibility index (Phi) is 3.24. The Balaban J connectivity index is 2.60. The van der Waals surface area contributed by atoms with Crippen molar-refractivity contribution in [2.75, 3.05) is 12.4 Å². The zero-order valence-electron chi connectivity index (χ0n) is 10.5. The smallest absolute Gasteiger partial charge is 0.207 e. The van der Waals surface area contributed by atoms with Crippen molar-refractivity contribution >= 4 is 21.9 Å². The molecule has 0 radical (unpaired) electrons. The van der Waals surface area contributed by atoms with Crippen LogP contribution in [0.15, 0.2) is 22.8 Å². The van der Waals surface area contributed by atoms with E-state index in [4.69, 9.17) is 0 Å². The first-order valence-corrected chi connectivity index (χ1v) is 6.33. The van der Waals surface area contributed by atoms with Crippen molar-refractivity contribution in [1.82, 2.24) is 9.55 Å². The second-order valence-corrected chi connectivity index (χ2v) is 5.01. The minimum atomic E-state index is 0.864. The first-order valence-electron chi connectivity index (χ1n) is 5.53. The molecular weight excluding hydrogens is 278 g/mol. The number of benzene rings is 1. The van der Waals surface area contributed by atoms with Crippen LogP contribution in [-0.2, 0) is 0 Å². The second-order valence-electron chi connectivity index (χ2n) is 4.22. The molecule has 0 amide bonds. The lowest BCUT2D eigenvalue weighted by atomic mass is 10.1. The van der Waals surface area contributed by atoms with E-state index in [9.17, 15) is 0 Å². The topological polar surface area (TPSA) is 29.9 Å². The predicted molar refractivity (Wildman–Crippen MR) is 75.0 cm³/mol. The van der Waals surface area contributed by atoms with Gasteiger partial charge in [-0.1, -0.05) is 15.9 Å². The molecule has 0 bridgehead atoms. The molecular formula is C13H16BrN3. The summed E-state index contributed by atoms with van der Waals surface area (Å²) >= 11 is 3.59. The van der Waals surface area contributed by atoms with E-state index in [1.165, 1.54) is 15.6 Å². The van der Waals surface area contributed by atoms with Crippen LogP contribution < -0.4 is 5.32 Å². The van der Waals surface area contributed by atoms with Crippen LogP contribution in [0.5, 0.6) is 0 Å². The molecule has 1 aromatic carbocycles. The van der Waals surface area contributed by atoms with Gasteiger partial charge in [0.1, 0.15) is 0 Å². The largest absolute Gasteiger partial charge is 0.358 e. The fourth-order valence-electron chi connectivity index (χ4n) is 1.93. The van der Waals surface area contributed by atoms with Crippen LogP contribution in [0.25, 0.3) is 5.69 Å². The molecule has 0 aliphatic heterocycles. The summed E-state index contributed by atoms with van der Waals surface area (Å²) in [5.41, 5.74) is 4.60. The number of rotatable bonds is 2. The Morgan fingerprint density at radius 2 is 1.76 bits per heavy atom. The van der Waals surface area contributed by atoms with Gasteiger partial charge in [0.25, 0.3) is 0 Å². The number of imidazole rings is 1. The highest BCUT2D eigenvalue weighted by molar-refractivity contribution is 9.10. The molecule has 2 aromatic rings. The summed E-state index contributed by atoms with van der Waals surface area (Å²) in [7, 11) is 1.89. The summed E-state index contributed by atoms with van der Waals surface area (Å²) < 4.78 is 3.24. The van der Waals surface area contributed by atoms with Crippen molar-refractivity contribution in [2.24, 2.45) is 0 Å². The van der Waals surface area contributed by atoms with Crippen LogP contribution in [-0.4, -0.2) is 16.6 Å². The fraction of sp³-hybridized carbons (Fsp3) is 0.308. The van der Waals surface area contributed by atoms with Gasteiger partial charge >= 0.3 is 0 Å². The summed E-state index contributed by atoms with van der Waals surface area (Å²) in [6.07, 6.45) is 2.04. The summed E-state index contributed by atoms with van der Waals surface area (Å²) in [6.45, 7) is 6.20. The molecule has 0 unspecified atom stereocenters. The zero-order chi connectivity index (χ0) is 12.6. The lowest BCUT2D eigenvalue weighted by Crippen LogP contribution is -2.01. The third-order valence-corrected chi connectivity index (χ3v) is 4.00. The van der Waals surface area contributed by atoms with E-state index in [0.717, 1.165) is 17.3 Å². The summed E-state index contributed by atoms with van der Waals surface area (Å²) in [6, 6.07) is 4.30. The lowest BCUT2D eigenvalue weighted by molar-refractivity contribution is 1.04. The number of hydrogen-bond donors (Lipinski definition) is 1. The summed E-state index contributed by atoms with van der Waals surface area (Å²) in [5, 5.41) is 3.11. The van der Waals surface area contributed by atoms with Crippen LogP contribution in [0, 0.1) is 20.8 Å². The minimum absolute atomic E-state index is 0.864. The zero-order valence-corrected chi connectivity index (χ0v) is 12.1. The van der Waals surface area contributed by atoms with Gasteiger partial charge in [-0.25, -0.2) is 4.98 Å². The maximum absolute atomic E-state index is 4.43. The van der Waals surface area contributed by atoms with Crippen LogP contribution in [0.1, 0.15) is 16.8 Å². The number of nitrogens with one attached hydrogen (secondary N) is 1. The van der Waals surface area contributed by atoms with E-state index in [-0.39, 0.29) is 0 Å². The van der Waals surface area contributed by atoms with Crippen LogP contribution in [0.2, 0.25) is 0 Å². The minimum Gasteiger partial charge on any atom is -0.358 e. The molecule has 90 valence electrons. The number of aromatic nitrogens is 2. The Hall–Kier alpha value is -1.29. The average Bonchev–Trinajstić information content (AvgIpc) is 2.66. The Morgan fingerprint density at radius 3 is 2.29 bits per heavy atom. The van der Waals surface area contributed by atoms with Gasteiger partial charge in [0.15, 0.2) is 0 Å². The molecule has 0 saturated carbocycles. The van der Waals surface area contributed by atoms with Crippen LogP contribution in [0.4, 0.5) is 5.95 Å². The molecule has 1 heterocycles. The first kappa shape index (κ1) is 12.2. The highest BCUT2D eigenvalue weighted by Crippen LogP contribution is 2.26. The molecule has 0 spiro atoms. The number of nitrogens with zero attached hydrogens (tertiary/aromatic N) is 2. The quantitative estimate of drug-likeness (QED) is 0.917. The normalized spacial score (nSPS) is 10.6. The van der Waals surface area contributed by atoms with Gasteiger partial charge in [-0.05, 0) is 44.0 Å². The van der Waals surface area contributed by atoms with Gasteiger partial charge < -0.3 is 5.32 Å². The standard InChI is InChI=1S/C13H16BrN3/c1-8-5-11(6-9(2)12(8)14)17-7-10(3)16-13(17)15-4/h5-7H,1-4H3,(H,15,16). The van der Waals surface area contributed by atoms with E-state index in [1.54, 1.807) is 0 Å². The van der Waals surface area contributed by atoms with Crippen molar-refractivity contribution in [1.29, 1.82) is 0 Å². The van der Waals surface area contributed by atoms with Crippen molar-refractivity contribution < 1.29 is 0 Å². The van der Waals surface area contributed by atoms with Crippen LogP contribution in [0.3, 0.4) is 0 Å². The van der Waals surface area contributed by atoms with Crippen LogP contribution >= 0.6 is 15.9 Å². The van der Waals surface area contributed by atoms with E-state index in [1.807, 2.05) is 20.2 Å². The fourth-order valence-corrected chi connectivity index (χ4v) is 2.16. The predicted octanol–water partition coefficient (Wildman–Crippen LogP) is 3.60. The van der Waals surface area contributed by atoms with E-state index >= 15 is 0 Å². The molecule has 2 rings (SSSR count). The maximum Gasteiger partial charge on any atom is 0.207 e. The summed E-state index contributed by atoms with van der Waals surface area (Å²) in [5.74, 6) is 0.864. The monoisotopic (exact) mass is 293 g/mol. The van der Waals surface area contributed by atoms with E-state index < -0.39 is 0 Å². The van der Waals surface area contributed by atoms with E-state index in [0.29, 0.717) is 0 Å². The highest BCUT2D eigenvalue weighted by atomic mass is 79.9. The first-order chi connectivity index (χ1) is 8.02. The SMILES string of the molecule is CNc1nc(C)cn1-c1cc(C)c(Br)c(C)c1. The van der Waals surface area contributed by atoms with Gasteiger partial charge in [0, 0.05) is 23.4 Å². The molecule has 0 aliphatic rings. The number of halogens is 1. The molecule has 1 aromatic heterocycles. The Bertz CT molecular complexity index is 535. The molecule has 17 heavy (non-hydrogen) atoms. The van der Waals surface area contributed by atoms with Crippen molar-refractivity contribution in [3.8, 4) is 5.69 Å². The second kappa shape index (κ2) is 4.53. The lowest BCUT2D eigenvalue weighted by Gasteiger charge is -2.11.